The van der Waals surface area contributed by atoms with Crippen LogP contribution in [0.3, 0.4) is 0 Å². The third kappa shape index (κ3) is 2.00. The third-order valence-electron chi connectivity index (χ3n) is 2.18. The van der Waals surface area contributed by atoms with Crippen molar-refractivity contribution in [1.29, 1.82) is 0 Å². The molecule has 0 amide bonds. The van der Waals surface area contributed by atoms with Gasteiger partial charge in [0, 0.05) is 5.56 Å². The Morgan fingerprint density at radius 2 is 1.85 bits per heavy atom. The Hall–Kier alpha value is -0.610. The fraction of sp³-hybridized carbons (Fsp3) is 0.571. The summed E-state index contributed by atoms with van der Waals surface area (Å²) in [7, 11) is 0. The molecule has 1 aliphatic rings. The topological polar surface area (TPSA) is 58.0 Å². The molecule has 2 N–H and O–H groups in total. The van der Waals surface area contributed by atoms with Crippen molar-refractivity contribution in [3.05, 3.63) is 21.6 Å². The number of aromatic nitrogens is 2. The highest BCUT2D eigenvalue weighted by Gasteiger charge is 2.17. The molecule has 0 fully saturated rings. The molecule has 2 rings (SSSR count). The second kappa shape index (κ2) is 4.58. The summed E-state index contributed by atoms with van der Waals surface area (Å²) in [4.78, 5) is 11.9. The molecule has 13 heavy (non-hydrogen) atoms. The summed E-state index contributed by atoms with van der Waals surface area (Å²) in [6.45, 7) is 0. The van der Waals surface area contributed by atoms with E-state index in [0.29, 0.717) is 0 Å². The molecule has 6 heteroatoms. The van der Waals surface area contributed by atoms with E-state index in [9.17, 15) is 4.79 Å². The molecule has 0 bridgehead atoms. The standard InChI is InChI=1S/C7H10N2O2.2ClH/c10-7-5-3-1-2-4-6(5)9(11)8-7;;/h11H,1-4H2,(H,8,10);2*1H. The largest absolute Gasteiger partial charge is 0.413 e. The van der Waals surface area contributed by atoms with Crippen molar-refractivity contribution in [3.8, 4) is 0 Å². The summed E-state index contributed by atoms with van der Waals surface area (Å²) in [5.74, 6) is 0. The van der Waals surface area contributed by atoms with Gasteiger partial charge in [-0.2, -0.15) is 0 Å². The predicted octanol–water partition coefficient (Wildman–Crippen LogP) is 1.14. The molecule has 4 nitrogen and oxygen atoms in total. The minimum atomic E-state index is -0.137. The van der Waals surface area contributed by atoms with Crippen LogP contribution in [0, 0.1) is 0 Å². The van der Waals surface area contributed by atoms with E-state index >= 15 is 0 Å². The van der Waals surface area contributed by atoms with Crippen LogP contribution < -0.4 is 5.56 Å². The summed E-state index contributed by atoms with van der Waals surface area (Å²) in [5, 5.41) is 11.5. The molecule has 0 radical (unpaired) electrons. The van der Waals surface area contributed by atoms with Crippen molar-refractivity contribution >= 4 is 24.8 Å². The Morgan fingerprint density at radius 1 is 1.23 bits per heavy atom. The molecule has 1 aromatic rings. The maximum Gasteiger partial charge on any atom is 0.270 e. The second-order valence-corrected chi connectivity index (χ2v) is 2.89. The van der Waals surface area contributed by atoms with E-state index in [-0.39, 0.29) is 30.4 Å². The normalized spacial score (nSPS) is 13.8. The van der Waals surface area contributed by atoms with Crippen LogP contribution in [0.25, 0.3) is 0 Å². The Morgan fingerprint density at radius 3 is 2.46 bits per heavy atom. The first-order valence-electron chi connectivity index (χ1n) is 3.81. The fourth-order valence-corrected chi connectivity index (χ4v) is 1.60. The summed E-state index contributed by atoms with van der Waals surface area (Å²) < 4.78 is 0. The highest BCUT2D eigenvalue weighted by Crippen LogP contribution is 2.16. The summed E-state index contributed by atoms with van der Waals surface area (Å²) in [5.41, 5.74) is 1.39. The van der Waals surface area contributed by atoms with E-state index in [1.54, 1.807) is 0 Å². The molecule has 0 atom stereocenters. The molecule has 0 aromatic carbocycles. The minimum absolute atomic E-state index is 0. The lowest BCUT2D eigenvalue weighted by molar-refractivity contribution is 0.137. The minimum Gasteiger partial charge on any atom is -0.413 e. The first kappa shape index (κ1) is 12.4. The molecule has 0 aliphatic heterocycles. The number of H-pyrrole nitrogens is 1. The van der Waals surface area contributed by atoms with E-state index in [1.165, 1.54) is 0 Å². The monoisotopic (exact) mass is 226 g/mol. The van der Waals surface area contributed by atoms with Crippen LogP contribution in [-0.4, -0.2) is 15.2 Å². The van der Waals surface area contributed by atoms with E-state index in [1.807, 2.05) is 0 Å². The molecule has 0 spiro atoms. The van der Waals surface area contributed by atoms with Crippen LogP contribution in [0.4, 0.5) is 0 Å². The van der Waals surface area contributed by atoms with Crippen molar-refractivity contribution in [2.45, 2.75) is 25.7 Å². The van der Waals surface area contributed by atoms with Gasteiger partial charge in [0.25, 0.3) is 5.56 Å². The zero-order chi connectivity index (χ0) is 7.84. The van der Waals surface area contributed by atoms with Gasteiger partial charge in [0.05, 0.1) is 5.69 Å². The number of rotatable bonds is 0. The third-order valence-corrected chi connectivity index (χ3v) is 2.18. The molecule has 0 unspecified atom stereocenters. The molecule has 1 aromatic heterocycles. The predicted molar refractivity (Wildman–Crippen MR) is 53.4 cm³/mol. The molecule has 1 aliphatic carbocycles. The Balaban J connectivity index is 0.000000720. The SMILES string of the molecule is Cl.Cl.O=c1[nH]n(O)c2c1CCCC2. The number of hydrogen-bond donors (Lipinski definition) is 2. The summed E-state index contributed by atoms with van der Waals surface area (Å²) >= 11 is 0. The van der Waals surface area contributed by atoms with Gasteiger partial charge >= 0.3 is 0 Å². The quantitative estimate of drug-likeness (QED) is 0.653. The summed E-state index contributed by atoms with van der Waals surface area (Å²) in [6, 6.07) is 0. The Kier molecular flexibility index (Phi) is 4.36. The molecule has 0 saturated heterocycles. The number of hydrogen-bond acceptors (Lipinski definition) is 2. The Bertz CT molecular complexity index is 332. The number of nitrogens with zero attached hydrogens (tertiary/aromatic N) is 1. The highest BCUT2D eigenvalue weighted by atomic mass is 35.5. The molecule has 0 saturated carbocycles. The Labute approximate surface area is 87.7 Å². The smallest absolute Gasteiger partial charge is 0.270 e. The van der Waals surface area contributed by atoms with Crippen LogP contribution in [0.15, 0.2) is 4.79 Å². The van der Waals surface area contributed by atoms with E-state index < -0.39 is 0 Å². The van der Waals surface area contributed by atoms with Crippen LogP contribution in [0.1, 0.15) is 24.1 Å². The van der Waals surface area contributed by atoms with Gasteiger partial charge in [-0.1, -0.05) is 0 Å². The summed E-state index contributed by atoms with van der Waals surface area (Å²) in [6.07, 6.45) is 3.73. The van der Waals surface area contributed by atoms with Gasteiger partial charge in [-0.25, -0.2) is 5.10 Å². The van der Waals surface area contributed by atoms with Crippen LogP contribution in [0.5, 0.6) is 0 Å². The van der Waals surface area contributed by atoms with E-state index in [0.717, 1.165) is 41.8 Å². The zero-order valence-corrected chi connectivity index (χ0v) is 8.58. The van der Waals surface area contributed by atoms with Crippen LogP contribution in [-0.2, 0) is 12.8 Å². The van der Waals surface area contributed by atoms with Crippen molar-refractivity contribution in [2.24, 2.45) is 0 Å². The second-order valence-electron chi connectivity index (χ2n) is 2.89. The molecular weight excluding hydrogens is 215 g/mol. The van der Waals surface area contributed by atoms with Gasteiger partial charge in [0.15, 0.2) is 0 Å². The van der Waals surface area contributed by atoms with Crippen LogP contribution >= 0.6 is 24.8 Å². The van der Waals surface area contributed by atoms with Crippen molar-refractivity contribution in [1.82, 2.24) is 9.94 Å². The number of halogens is 2. The molecular formula is C7H12Cl2N2O2. The van der Waals surface area contributed by atoms with Crippen molar-refractivity contribution in [2.75, 3.05) is 0 Å². The fourth-order valence-electron chi connectivity index (χ4n) is 1.60. The van der Waals surface area contributed by atoms with Gasteiger partial charge in [-0.3, -0.25) is 4.79 Å². The van der Waals surface area contributed by atoms with Gasteiger partial charge < -0.3 is 5.21 Å². The van der Waals surface area contributed by atoms with Crippen molar-refractivity contribution < 1.29 is 5.21 Å². The first-order valence-corrected chi connectivity index (χ1v) is 3.81. The van der Waals surface area contributed by atoms with Gasteiger partial charge in [0.1, 0.15) is 0 Å². The maximum absolute atomic E-state index is 11.0. The molecule has 76 valence electrons. The van der Waals surface area contributed by atoms with Crippen LogP contribution in [0.2, 0.25) is 0 Å². The first-order chi connectivity index (χ1) is 5.29. The average Bonchev–Trinajstić information content (AvgIpc) is 2.30. The zero-order valence-electron chi connectivity index (χ0n) is 6.95. The van der Waals surface area contributed by atoms with Gasteiger partial charge in [-0.15, -0.1) is 29.7 Å². The maximum atomic E-state index is 11.0. The number of fused-ring (bicyclic) bond motifs is 1. The van der Waals surface area contributed by atoms with E-state index in [2.05, 4.69) is 5.10 Å². The number of aromatic amines is 1. The van der Waals surface area contributed by atoms with Gasteiger partial charge in [0.2, 0.25) is 0 Å². The van der Waals surface area contributed by atoms with E-state index in [4.69, 9.17) is 5.21 Å². The highest BCUT2D eigenvalue weighted by molar-refractivity contribution is 5.85. The lowest BCUT2D eigenvalue weighted by Crippen LogP contribution is -2.10. The lowest BCUT2D eigenvalue weighted by Gasteiger charge is -2.08. The molecule has 1 heterocycles. The lowest BCUT2D eigenvalue weighted by atomic mass is 9.98. The average molecular weight is 227 g/mol. The van der Waals surface area contributed by atoms with Gasteiger partial charge in [-0.05, 0) is 25.7 Å². The number of nitrogens with one attached hydrogen (secondary N) is 1. The van der Waals surface area contributed by atoms with Crippen molar-refractivity contribution in [3.63, 3.8) is 0 Å².